The summed E-state index contributed by atoms with van der Waals surface area (Å²) >= 11 is 0. The topological polar surface area (TPSA) is 53.5 Å². The third-order valence-electron chi connectivity index (χ3n) is 0.766. The molecule has 0 atom stereocenters. The van der Waals surface area contributed by atoms with Gasteiger partial charge < -0.3 is 5.32 Å². The first-order chi connectivity index (χ1) is 4.66. The molecule has 0 heterocycles. The van der Waals surface area contributed by atoms with Crippen LogP contribution in [-0.4, -0.2) is 19.3 Å². The molecule has 4 nitrogen and oxygen atoms in total. The van der Waals surface area contributed by atoms with Gasteiger partial charge in [-0.15, -0.1) is 0 Å². The van der Waals surface area contributed by atoms with Crippen LogP contribution in [-0.2, 0) is 0 Å². The van der Waals surface area contributed by atoms with Gasteiger partial charge in [-0.25, -0.2) is 10.2 Å². The van der Waals surface area contributed by atoms with Gasteiger partial charge in [0.2, 0.25) is 0 Å². The monoisotopic (exact) mass is 143 g/mol. The van der Waals surface area contributed by atoms with E-state index in [1.165, 1.54) is 0 Å². The maximum atomic E-state index is 10.5. The highest BCUT2D eigenvalue weighted by molar-refractivity contribution is 5.74. The standard InChI is InChI=1S/C6H13N3O/c1-5(2)4-8-9-6(10)7-3/h4-5H,1-3H3,(H2,7,9,10)/b8-4+. The maximum absolute atomic E-state index is 10.5. The summed E-state index contributed by atoms with van der Waals surface area (Å²) < 4.78 is 0. The van der Waals surface area contributed by atoms with Crippen molar-refractivity contribution in [2.24, 2.45) is 11.0 Å². The van der Waals surface area contributed by atoms with Crippen molar-refractivity contribution in [3.63, 3.8) is 0 Å². The van der Waals surface area contributed by atoms with Crippen molar-refractivity contribution in [1.82, 2.24) is 10.7 Å². The lowest BCUT2D eigenvalue weighted by atomic mass is 10.3. The van der Waals surface area contributed by atoms with Crippen LogP contribution in [0.2, 0.25) is 0 Å². The maximum Gasteiger partial charge on any atom is 0.334 e. The molecule has 0 unspecified atom stereocenters. The zero-order chi connectivity index (χ0) is 7.98. The average Bonchev–Trinajstić information content (AvgIpc) is 1.87. The van der Waals surface area contributed by atoms with Crippen LogP contribution in [0.3, 0.4) is 0 Å². The molecule has 0 aromatic rings. The van der Waals surface area contributed by atoms with Gasteiger partial charge in [-0.05, 0) is 5.92 Å². The quantitative estimate of drug-likeness (QED) is 0.430. The Labute approximate surface area is 60.7 Å². The van der Waals surface area contributed by atoms with Gasteiger partial charge in [0.25, 0.3) is 0 Å². The number of urea groups is 1. The van der Waals surface area contributed by atoms with Crippen LogP contribution in [0.25, 0.3) is 0 Å². The second-order valence-corrected chi connectivity index (χ2v) is 2.21. The summed E-state index contributed by atoms with van der Waals surface area (Å²) in [5.41, 5.74) is 2.28. The first-order valence-electron chi connectivity index (χ1n) is 3.17. The minimum atomic E-state index is -0.295. The van der Waals surface area contributed by atoms with E-state index in [9.17, 15) is 4.79 Å². The van der Waals surface area contributed by atoms with E-state index in [2.05, 4.69) is 15.8 Å². The molecule has 0 aliphatic rings. The van der Waals surface area contributed by atoms with Crippen molar-refractivity contribution in [2.75, 3.05) is 7.05 Å². The molecule has 0 spiro atoms. The molecular weight excluding hydrogens is 130 g/mol. The minimum absolute atomic E-state index is 0.295. The van der Waals surface area contributed by atoms with Crippen LogP contribution >= 0.6 is 0 Å². The van der Waals surface area contributed by atoms with Crippen LogP contribution < -0.4 is 10.7 Å². The Bertz CT molecular complexity index is 131. The molecule has 0 aromatic heterocycles. The number of nitrogens with zero attached hydrogens (tertiary/aromatic N) is 1. The van der Waals surface area contributed by atoms with Crippen LogP contribution in [0.1, 0.15) is 13.8 Å². The first kappa shape index (κ1) is 8.94. The molecule has 58 valence electrons. The van der Waals surface area contributed by atoms with E-state index in [1.54, 1.807) is 13.3 Å². The fourth-order valence-electron chi connectivity index (χ4n) is 0.301. The number of rotatable bonds is 2. The summed E-state index contributed by atoms with van der Waals surface area (Å²) in [6.45, 7) is 3.96. The van der Waals surface area contributed by atoms with Gasteiger partial charge in [0.05, 0.1) is 0 Å². The summed E-state index contributed by atoms with van der Waals surface area (Å²) in [7, 11) is 1.54. The number of amides is 2. The highest BCUT2D eigenvalue weighted by Gasteiger charge is 1.89. The van der Waals surface area contributed by atoms with Crippen molar-refractivity contribution in [3.05, 3.63) is 0 Å². The zero-order valence-electron chi connectivity index (χ0n) is 6.51. The minimum Gasteiger partial charge on any atom is -0.340 e. The smallest absolute Gasteiger partial charge is 0.334 e. The van der Waals surface area contributed by atoms with E-state index >= 15 is 0 Å². The summed E-state index contributed by atoms with van der Waals surface area (Å²) in [4.78, 5) is 10.5. The molecular formula is C6H13N3O. The van der Waals surface area contributed by atoms with Crippen LogP contribution in [0.5, 0.6) is 0 Å². The third-order valence-corrected chi connectivity index (χ3v) is 0.766. The van der Waals surface area contributed by atoms with Gasteiger partial charge in [-0.2, -0.15) is 5.10 Å². The van der Waals surface area contributed by atoms with Gasteiger partial charge in [-0.1, -0.05) is 13.8 Å². The molecule has 0 rings (SSSR count). The van der Waals surface area contributed by atoms with Crippen molar-refractivity contribution in [2.45, 2.75) is 13.8 Å². The van der Waals surface area contributed by atoms with Gasteiger partial charge >= 0.3 is 6.03 Å². The van der Waals surface area contributed by atoms with E-state index in [1.807, 2.05) is 13.8 Å². The van der Waals surface area contributed by atoms with E-state index in [0.717, 1.165) is 0 Å². The first-order valence-corrected chi connectivity index (χ1v) is 3.17. The molecule has 2 amide bonds. The lowest BCUT2D eigenvalue weighted by molar-refractivity contribution is 0.243. The molecule has 0 aliphatic heterocycles. The van der Waals surface area contributed by atoms with Crippen molar-refractivity contribution in [1.29, 1.82) is 0 Å². The Morgan fingerprint density at radius 3 is 2.60 bits per heavy atom. The molecule has 0 bridgehead atoms. The lowest BCUT2D eigenvalue weighted by Gasteiger charge is -1.96. The van der Waals surface area contributed by atoms with E-state index in [0.29, 0.717) is 5.92 Å². The Morgan fingerprint density at radius 1 is 1.60 bits per heavy atom. The Balaban J connectivity index is 3.43. The van der Waals surface area contributed by atoms with Gasteiger partial charge in [-0.3, -0.25) is 0 Å². The highest BCUT2D eigenvalue weighted by atomic mass is 16.2. The predicted molar refractivity (Wildman–Crippen MR) is 40.9 cm³/mol. The normalized spacial score (nSPS) is 10.4. The molecule has 0 aromatic carbocycles. The number of nitrogens with one attached hydrogen (secondary N) is 2. The molecule has 2 N–H and O–H groups in total. The number of hydrogen-bond acceptors (Lipinski definition) is 2. The fraction of sp³-hybridized carbons (Fsp3) is 0.667. The zero-order valence-corrected chi connectivity index (χ0v) is 6.51. The van der Waals surface area contributed by atoms with Gasteiger partial charge in [0.1, 0.15) is 0 Å². The molecule has 0 aliphatic carbocycles. The third kappa shape index (κ3) is 5.08. The van der Waals surface area contributed by atoms with Crippen LogP contribution in [0, 0.1) is 5.92 Å². The molecule has 0 radical (unpaired) electrons. The molecule has 0 saturated heterocycles. The average molecular weight is 143 g/mol. The molecule has 10 heavy (non-hydrogen) atoms. The largest absolute Gasteiger partial charge is 0.340 e. The van der Waals surface area contributed by atoms with E-state index in [4.69, 9.17) is 0 Å². The summed E-state index contributed by atoms with van der Waals surface area (Å²) in [5, 5.41) is 6.03. The van der Waals surface area contributed by atoms with Crippen molar-refractivity contribution < 1.29 is 4.79 Å². The Morgan fingerprint density at radius 2 is 2.20 bits per heavy atom. The van der Waals surface area contributed by atoms with Crippen LogP contribution in [0.15, 0.2) is 5.10 Å². The Kier molecular flexibility index (Phi) is 4.28. The van der Waals surface area contributed by atoms with Gasteiger partial charge in [0, 0.05) is 13.3 Å². The van der Waals surface area contributed by atoms with E-state index < -0.39 is 0 Å². The molecule has 0 saturated carbocycles. The second kappa shape index (κ2) is 4.78. The van der Waals surface area contributed by atoms with Crippen molar-refractivity contribution in [3.8, 4) is 0 Å². The van der Waals surface area contributed by atoms with Gasteiger partial charge in [0.15, 0.2) is 0 Å². The highest BCUT2D eigenvalue weighted by Crippen LogP contribution is 1.82. The lowest BCUT2D eigenvalue weighted by Crippen LogP contribution is -2.28. The fourth-order valence-corrected chi connectivity index (χ4v) is 0.301. The number of hydrogen-bond donors (Lipinski definition) is 2. The SMILES string of the molecule is CNC(=O)N/N=C/C(C)C. The summed E-state index contributed by atoms with van der Waals surface area (Å²) in [6, 6.07) is -0.295. The molecule has 0 fully saturated rings. The van der Waals surface area contributed by atoms with Crippen LogP contribution in [0.4, 0.5) is 4.79 Å². The predicted octanol–water partition coefficient (Wildman–Crippen LogP) is 0.557. The molecule has 4 heteroatoms. The number of carbonyl (C=O) groups is 1. The second-order valence-electron chi connectivity index (χ2n) is 2.21. The van der Waals surface area contributed by atoms with Crippen molar-refractivity contribution >= 4 is 12.2 Å². The summed E-state index contributed by atoms with van der Waals surface area (Å²) in [6.07, 6.45) is 1.66. The summed E-state index contributed by atoms with van der Waals surface area (Å²) in [5.74, 6) is 0.358. The van der Waals surface area contributed by atoms with E-state index in [-0.39, 0.29) is 6.03 Å². The number of hydrazone groups is 1. The Hall–Kier alpha value is -1.06. The number of carbonyl (C=O) groups excluding carboxylic acids is 1.